The van der Waals surface area contributed by atoms with Gasteiger partial charge >= 0.3 is 0 Å². The molecular weight excluding hydrogens is 268 g/mol. The number of hydrogen-bond donors (Lipinski definition) is 1. The van der Waals surface area contributed by atoms with Crippen LogP contribution < -0.4 is 10.2 Å². The van der Waals surface area contributed by atoms with Gasteiger partial charge in [-0.05, 0) is 43.5 Å². The minimum absolute atomic E-state index is 0.246. The van der Waals surface area contributed by atoms with E-state index in [0.717, 1.165) is 18.9 Å². The molecule has 6 nitrogen and oxygen atoms in total. The number of aromatic nitrogens is 2. The third kappa shape index (κ3) is 3.39. The molecule has 2 aromatic rings. The molecule has 0 aromatic carbocycles. The molecule has 0 aliphatic carbocycles. The van der Waals surface area contributed by atoms with Crippen LogP contribution in [0.1, 0.15) is 35.5 Å². The van der Waals surface area contributed by atoms with E-state index >= 15 is 0 Å². The SMILES string of the molecule is O=C(NCc1ccco1)c1ccc(N2CCCCC2)nn1. The lowest BCUT2D eigenvalue weighted by molar-refractivity contribution is 0.0942. The van der Waals surface area contributed by atoms with Crippen LogP contribution >= 0.6 is 0 Å². The molecule has 6 heteroatoms. The normalized spacial score (nSPS) is 15.0. The van der Waals surface area contributed by atoms with Crippen LogP contribution in [0, 0.1) is 0 Å². The maximum absolute atomic E-state index is 12.0. The first kappa shape index (κ1) is 13.6. The van der Waals surface area contributed by atoms with Gasteiger partial charge in [0.2, 0.25) is 0 Å². The van der Waals surface area contributed by atoms with E-state index in [9.17, 15) is 4.79 Å². The van der Waals surface area contributed by atoms with Gasteiger partial charge in [0.1, 0.15) is 5.76 Å². The zero-order chi connectivity index (χ0) is 14.5. The van der Waals surface area contributed by atoms with E-state index in [1.807, 2.05) is 12.1 Å². The molecule has 0 bridgehead atoms. The Labute approximate surface area is 123 Å². The molecule has 1 saturated heterocycles. The van der Waals surface area contributed by atoms with Crippen molar-refractivity contribution in [3.05, 3.63) is 42.0 Å². The fraction of sp³-hybridized carbons (Fsp3) is 0.400. The Balaban J connectivity index is 1.59. The van der Waals surface area contributed by atoms with Gasteiger partial charge in [-0.3, -0.25) is 4.79 Å². The first-order valence-corrected chi connectivity index (χ1v) is 7.22. The summed E-state index contributed by atoms with van der Waals surface area (Å²) in [5.74, 6) is 1.31. The van der Waals surface area contributed by atoms with Gasteiger partial charge in [-0.1, -0.05) is 0 Å². The molecule has 3 heterocycles. The molecule has 1 N–H and O–H groups in total. The third-order valence-electron chi connectivity index (χ3n) is 3.57. The highest BCUT2D eigenvalue weighted by atomic mass is 16.3. The molecule has 0 spiro atoms. The van der Waals surface area contributed by atoms with Gasteiger partial charge in [-0.15, -0.1) is 10.2 Å². The van der Waals surface area contributed by atoms with Crippen molar-refractivity contribution in [2.24, 2.45) is 0 Å². The predicted octanol–water partition coefficient (Wildman–Crippen LogP) is 1.99. The van der Waals surface area contributed by atoms with Gasteiger partial charge in [0, 0.05) is 13.1 Å². The molecular formula is C15H18N4O2. The number of furan rings is 1. The highest BCUT2D eigenvalue weighted by molar-refractivity contribution is 5.92. The second-order valence-corrected chi connectivity index (χ2v) is 5.09. The van der Waals surface area contributed by atoms with Crippen molar-refractivity contribution in [3.8, 4) is 0 Å². The first-order chi connectivity index (χ1) is 10.3. The summed E-state index contributed by atoms with van der Waals surface area (Å²) in [5.41, 5.74) is 0.322. The van der Waals surface area contributed by atoms with Gasteiger partial charge in [0.05, 0.1) is 12.8 Å². The van der Waals surface area contributed by atoms with Crippen LogP contribution in [-0.2, 0) is 6.54 Å². The summed E-state index contributed by atoms with van der Waals surface area (Å²) in [7, 11) is 0. The summed E-state index contributed by atoms with van der Waals surface area (Å²) >= 11 is 0. The van der Waals surface area contributed by atoms with Crippen LogP contribution in [0.15, 0.2) is 34.9 Å². The van der Waals surface area contributed by atoms with Crippen LogP contribution in [0.4, 0.5) is 5.82 Å². The number of nitrogens with one attached hydrogen (secondary N) is 1. The predicted molar refractivity (Wildman–Crippen MR) is 78.0 cm³/mol. The second-order valence-electron chi connectivity index (χ2n) is 5.09. The molecule has 1 fully saturated rings. The summed E-state index contributed by atoms with van der Waals surface area (Å²) in [4.78, 5) is 14.2. The van der Waals surface area contributed by atoms with Crippen molar-refractivity contribution >= 4 is 11.7 Å². The number of hydrogen-bond acceptors (Lipinski definition) is 5. The minimum Gasteiger partial charge on any atom is -0.467 e. The standard InChI is InChI=1S/C15H18N4O2/c20-15(16-11-12-5-4-10-21-12)13-6-7-14(18-17-13)19-8-2-1-3-9-19/h4-7,10H,1-3,8-9,11H2,(H,16,20). The molecule has 0 radical (unpaired) electrons. The summed E-state index contributed by atoms with van der Waals surface area (Å²) in [6.45, 7) is 2.37. The molecule has 3 rings (SSSR count). The number of carbonyl (C=O) groups excluding carboxylic acids is 1. The highest BCUT2D eigenvalue weighted by Crippen LogP contribution is 2.16. The molecule has 2 aromatic heterocycles. The van der Waals surface area contributed by atoms with Crippen molar-refractivity contribution < 1.29 is 9.21 Å². The van der Waals surface area contributed by atoms with Crippen molar-refractivity contribution in [2.75, 3.05) is 18.0 Å². The van der Waals surface area contributed by atoms with Crippen LogP contribution in [0.25, 0.3) is 0 Å². The molecule has 0 saturated carbocycles. The Morgan fingerprint density at radius 3 is 2.71 bits per heavy atom. The van der Waals surface area contributed by atoms with Gasteiger partial charge in [0.25, 0.3) is 5.91 Å². The molecule has 0 unspecified atom stereocenters. The topological polar surface area (TPSA) is 71.3 Å². The Morgan fingerprint density at radius 2 is 2.05 bits per heavy atom. The first-order valence-electron chi connectivity index (χ1n) is 7.22. The lowest BCUT2D eigenvalue weighted by Crippen LogP contribution is -2.31. The van der Waals surface area contributed by atoms with Crippen molar-refractivity contribution in [1.29, 1.82) is 0 Å². The van der Waals surface area contributed by atoms with Gasteiger partial charge in [0.15, 0.2) is 11.5 Å². The summed E-state index contributed by atoms with van der Waals surface area (Å²) in [6.07, 6.45) is 5.23. The summed E-state index contributed by atoms with van der Waals surface area (Å²) < 4.78 is 5.16. The van der Waals surface area contributed by atoms with Crippen LogP contribution in [0.5, 0.6) is 0 Å². The minimum atomic E-state index is -0.246. The van der Waals surface area contributed by atoms with E-state index in [4.69, 9.17) is 4.42 Å². The average Bonchev–Trinajstić information content (AvgIpc) is 3.07. The third-order valence-corrected chi connectivity index (χ3v) is 3.57. The van der Waals surface area contributed by atoms with Gasteiger partial charge in [-0.2, -0.15) is 0 Å². The monoisotopic (exact) mass is 286 g/mol. The van der Waals surface area contributed by atoms with Crippen LogP contribution in [0.3, 0.4) is 0 Å². The molecule has 1 aliphatic heterocycles. The Morgan fingerprint density at radius 1 is 1.19 bits per heavy atom. The van der Waals surface area contributed by atoms with E-state index < -0.39 is 0 Å². The fourth-order valence-corrected chi connectivity index (χ4v) is 2.41. The largest absolute Gasteiger partial charge is 0.467 e. The number of nitrogens with zero attached hydrogens (tertiary/aromatic N) is 3. The maximum atomic E-state index is 12.0. The van der Waals surface area contributed by atoms with Gasteiger partial charge < -0.3 is 14.6 Å². The van der Waals surface area contributed by atoms with Gasteiger partial charge in [-0.25, -0.2) is 0 Å². The van der Waals surface area contributed by atoms with E-state index in [1.54, 1.807) is 18.4 Å². The molecule has 110 valence electrons. The van der Waals surface area contributed by atoms with E-state index in [1.165, 1.54) is 19.3 Å². The Kier molecular flexibility index (Phi) is 4.14. The summed E-state index contributed by atoms with van der Waals surface area (Å²) in [5, 5.41) is 10.9. The number of amides is 1. The second kappa shape index (κ2) is 6.39. The van der Waals surface area contributed by atoms with E-state index in [0.29, 0.717) is 18.0 Å². The van der Waals surface area contributed by atoms with E-state index in [2.05, 4.69) is 20.4 Å². The number of carbonyl (C=O) groups is 1. The van der Waals surface area contributed by atoms with Crippen molar-refractivity contribution in [2.45, 2.75) is 25.8 Å². The highest BCUT2D eigenvalue weighted by Gasteiger charge is 2.14. The zero-order valence-electron chi connectivity index (χ0n) is 11.8. The lowest BCUT2D eigenvalue weighted by atomic mass is 10.1. The molecule has 1 aliphatic rings. The Hall–Kier alpha value is -2.37. The molecule has 1 amide bonds. The number of piperidine rings is 1. The van der Waals surface area contributed by atoms with Crippen LogP contribution in [0.2, 0.25) is 0 Å². The summed E-state index contributed by atoms with van der Waals surface area (Å²) in [6, 6.07) is 7.18. The van der Waals surface area contributed by atoms with E-state index in [-0.39, 0.29) is 5.91 Å². The lowest BCUT2D eigenvalue weighted by Gasteiger charge is -2.27. The maximum Gasteiger partial charge on any atom is 0.272 e. The van der Waals surface area contributed by atoms with Crippen molar-refractivity contribution in [3.63, 3.8) is 0 Å². The number of anilines is 1. The van der Waals surface area contributed by atoms with Crippen molar-refractivity contribution in [1.82, 2.24) is 15.5 Å². The molecule has 21 heavy (non-hydrogen) atoms. The zero-order valence-corrected chi connectivity index (χ0v) is 11.8. The fourth-order valence-electron chi connectivity index (χ4n) is 2.41. The Bertz CT molecular complexity index is 574. The quantitative estimate of drug-likeness (QED) is 0.930. The molecule has 0 atom stereocenters. The average molecular weight is 286 g/mol. The van der Waals surface area contributed by atoms with Crippen LogP contribution in [-0.4, -0.2) is 29.2 Å². The smallest absolute Gasteiger partial charge is 0.272 e. The number of rotatable bonds is 4.